The van der Waals surface area contributed by atoms with Gasteiger partial charge in [-0.1, -0.05) is 33.6 Å². The zero-order valence-corrected chi connectivity index (χ0v) is 11.1. The average molecular weight is 237 g/mol. The fourth-order valence-electron chi connectivity index (χ4n) is 1.36. The van der Waals surface area contributed by atoms with Crippen molar-refractivity contribution in [2.24, 2.45) is 5.92 Å². The Hall–Kier alpha value is -1.32. The number of nitrogens with zero attached hydrogens (tertiary/aromatic N) is 2. The molecule has 0 fully saturated rings. The number of anilines is 1. The summed E-state index contributed by atoms with van der Waals surface area (Å²) in [5.41, 5.74) is 0. The van der Waals surface area contributed by atoms with Crippen LogP contribution in [0.2, 0.25) is 0 Å². The number of hydrogen-bond acceptors (Lipinski definition) is 4. The zero-order valence-electron chi connectivity index (χ0n) is 11.1. The van der Waals surface area contributed by atoms with Crippen LogP contribution >= 0.6 is 0 Å². The van der Waals surface area contributed by atoms with Gasteiger partial charge in [-0.3, -0.25) is 0 Å². The first-order chi connectivity index (χ1) is 8.22. The zero-order chi connectivity index (χ0) is 12.5. The van der Waals surface area contributed by atoms with E-state index < -0.39 is 0 Å². The summed E-state index contributed by atoms with van der Waals surface area (Å²) >= 11 is 0. The topological polar surface area (TPSA) is 47.0 Å². The molecule has 0 saturated carbocycles. The highest BCUT2D eigenvalue weighted by Crippen LogP contribution is 2.12. The highest BCUT2D eigenvalue weighted by Gasteiger charge is 2.00. The van der Waals surface area contributed by atoms with Crippen molar-refractivity contribution in [1.29, 1.82) is 0 Å². The van der Waals surface area contributed by atoms with Crippen molar-refractivity contribution in [2.45, 2.75) is 40.0 Å². The molecule has 17 heavy (non-hydrogen) atoms. The van der Waals surface area contributed by atoms with Crippen LogP contribution in [-0.4, -0.2) is 23.1 Å². The minimum atomic E-state index is 0.505. The number of rotatable bonds is 8. The summed E-state index contributed by atoms with van der Waals surface area (Å²) in [5.74, 6) is 1.99. The second-order valence-electron chi connectivity index (χ2n) is 4.58. The maximum absolute atomic E-state index is 5.54. The molecule has 0 amide bonds. The predicted molar refractivity (Wildman–Crippen MR) is 70.4 cm³/mol. The Balaban J connectivity index is 2.37. The molecule has 0 radical (unpaired) electrons. The summed E-state index contributed by atoms with van der Waals surface area (Å²) in [6.45, 7) is 8.07. The van der Waals surface area contributed by atoms with Gasteiger partial charge >= 0.3 is 0 Å². The lowest BCUT2D eigenvalue weighted by Gasteiger charge is -2.09. The molecule has 0 aliphatic heterocycles. The van der Waals surface area contributed by atoms with Crippen LogP contribution in [-0.2, 0) is 0 Å². The summed E-state index contributed by atoms with van der Waals surface area (Å²) < 4.78 is 5.54. The Morgan fingerprint density at radius 1 is 1.29 bits per heavy atom. The maximum Gasteiger partial charge on any atom is 0.218 e. The molecule has 0 unspecified atom stereocenters. The molecular formula is C13H23N3O. The average Bonchev–Trinajstić information content (AvgIpc) is 2.33. The van der Waals surface area contributed by atoms with E-state index >= 15 is 0 Å². The van der Waals surface area contributed by atoms with Crippen LogP contribution in [0.25, 0.3) is 0 Å². The second-order valence-corrected chi connectivity index (χ2v) is 4.58. The van der Waals surface area contributed by atoms with Crippen molar-refractivity contribution in [3.8, 4) is 5.88 Å². The van der Waals surface area contributed by atoms with Crippen molar-refractivity contribution in [2.75, 3.05) is 18.5 Å². The van der Waals surface area contributed by atoms with Gasteiger partial charge in [0, 0.05) is 12.6 Å². The third-order valence-electron chi connectivity index (χ3n) is 2.29. The number of unbranched alkanes of at least 4 members (excludes halogenated alkanes) is 2. The normalized spacial score (nSPS) is 10.6. The molecule has 0 bridgehead atoms. The summed E-state index contributed by atoms with van der Waals surface area (Å²) in [6.07, 6.45) is 5.18. The molecule has 4 nitrogen and oxygen atoms in total. The molecule has 1 N–H and O–H groups in total. The fraction of sp³-hybridized carbons (Fsp3) is 0.692. The summed E-state index contributed by atoms with van der Waals surface area (Å²) in [6, 6.07) is 1.86. The lowest BCUT2D eigenvalue weighted by Crippen LogP contribution is -2.07. The third-order valence-corrected chi connectivity index (χ3v) is 2.29. The highest BCUT2D eigenvalue weighted by atomic mass is 16.5. The third kappa shape index (κ3) is 6.09. The summed E-state index contributed by atoms with van der Waals surface area (Å²) in [7, 11) is 0. The van der Waals surface area contributed by atoms with Gasteiger partial charge in [0.25, 0.3) is 0 Å². The second kappa shape index (κ2) is 7.87. The van der Waals surface area contributed by atoms with Crippen molar-refractivity contribution in [1.82, 2.24) is 9.97 Å². The van der Waals surface area contributed by atoms with Crippen LogP contribution in [0.1, 0.15) is 40.0 Å². The highest BCUT2D eigenvalue weighted by molar-refractivity contribution is 5.36. The number of nitrogens with one attached hydrogen (secondary N) is 1. The smallest absolute Gasteiger partial charge is 0.218 e. The van der Waals surface area contributed by atoms with Gasteiger partial charge in [0.2, 0.25) is 5.88 Å². The quantitative estimate of drug-likeness (QED) is 0.706. The van der Waals surface area contributed by atoms with E-state index in [9.17, 15) is 0 Å². The molecule has 96 valence electrons. The number of ether oxygens (including phenoxy) is 1. The minimum Gasteiger partial charge on any atom is -0.477 e. The lowest BCUT2D eigenvalue weighted by molar-refractivity contribution is 0.261. The molecule has 1 rings (SSSR count). The van der Waals surface area contributed by atoms with Crippen molar-refractivity contribution in [3.05, 3.63) is 12.4 Å². The van der Waals surface area contributed by atoms with Crippen LogP contribution < -0.4 is 10.1 Å². The van der Waals surface area contributed by atoms with E-state index in [0.29, 0.717) is 18.4 Å². The molecule has 1 aromatic rings. The predicted octanol–water partition coefficient (Wildman–Crippen LogP) is 3.11. The Kier molecular flexibility index (Phi) is 6.37. The van der Waals surface area contributed by atoms with E-state index in [1.165, 1.54) is 25.6 Å². The maximum atomic E-state index is 5.54. The van der Waals surface area contributed by atoms with Gasteiger partial charge in [0.05, 0.1) is 6.61 Å². The standard InChI is InChI=1S/C13H23N3O/c1-4-5-6-7-14-12-8-13(16-10-15-12)17-9-11(2)3/h8,10-11H,4-7,9H2,1-3H3,(H,14,15,16). The summed E-state index contributed by atoms with van der Waals surface area (Å²) in [5, 5.41) is 3.28. The lowest BCUT2D eigenvalue weighted by atomic mass is 10.2. The van der Waals surface area contributed by atoms with E-state index in [1.807, 2.05) is 6.07 Å². The molecule has 0 saturated heterocycles. The molecule has 0 aliphatic carbocycles. The first-order valence-electron chi connectivity index (χ1n) is 6.41. The Labute approximate surface area is 104 Å². The van der Waals surface area contributed by atoms with E-state index in [4.69, 9.17) is 4.74 Å². The fourth-order valence-corrected chi connectivity index (χ4v) is 1.36. The van der Waals surface area contributed by atoms with Crippen LogP contribution in [0.5, 0.6) is 5.88 Å². The molecule has 0 spiro atoms. The van der Waals surface area contributed by atoms with Gasteiger partial charge in [-0.25, -0.2) is 9.97 Å². The molecule has 0 aromatic carbocycles. The Bertz CT molecular complexity index is 315. The molecule has 0 aliphatic rings. The van der Waals surface area contributed by atoms with Crippen LogP contribution in [0.3, 0.4) is 0 Å². The van der Waals surface area contributed by atoms with Crippen molar-refractivity contribution < 1.29 is 4.74 Å². The number of aromatic nitrogens is 2. The van der Waals surface area contributed by atoms with Crippen LogP contribution in [0, 0.1) is 5.92 Å². The Morgan fingerprint density at radius 2 is 2.12 bits per heavy atom. The van der Waals surface area contributed by atoms with Gasteiger partial charge in [-0.2, -0.15) is 0 Å². The molecular weight excluding hydrogens is 214 g/mol. The van der Waals surface area contributed by atoms with Gasteiger partial charge in [0.1, 0.15) is 12.1 Å². The molecule has 1 heterocycles. The first-order valence-corrected chi connectivity index (χ1v) is 6.41. The first kappa shape index (κ1) is 13.7. The van der Waals surface area contributed by atoms with E-state index in [-0.39, 0.29) is 0 Å². The molecule has 4 heteroatoms. The monoisotopic (exact) mass is 237 g/mol. The van der Waals surface area contributed by atoms with E-state index in [2.05, 4.69) is 36.1 Å². The summed E-state index contributed by atoms with van der Waals surface area (Å²) in [4.78, 5) is 8.24. The minimum absolute atomic E-state index is 0.505. The van der Waals surface area contributed by atoms with Crippen LogP contribution in [0.4, 0.5) is 5.82 Å². The number of hydrogen-bond donors (Lipinski definition) is 1. The van der Waals surface area contributed by atoms with Crippen molar-refractivity contribution in [3.63, 3.8) is 0 Å². The van der Waals surface area contributed by atoms with E-state index in [0.717, 1.165) is 12.4 Å². The van der Waals surface area contributed by atoms with E-state index in [1.54, 1.807) is 0 Å². The van der Waals surface area contributed by atoms with Gasteiger partial charge in [-0.15, -0.1) is 0 Å². The molecule has 1 aromatic heterocycles. The van der Waals surface area contributed by atoms with Gasteiger partial charge in [0.15, 0.2) is 0 Å². The van der Waals surface area contributed by atoms with Crippen molar-refractivity contribution >= 4 is 5.82 Å². The largest absolute Gasteiger partial charge is 0.477 e. The van der Waals surface area contributed by atoms with Gasteiger partial charge in [-0.05, 0) is 12.3 Å². The Morgan fingerprint density at radius 3 is 2.82 bits per heavy atom. The van der Waals surface area contributed by atoms with Gasteiger partial charge < -0.3 is 10.1 Å². The van der Waals surface area contributed by atoms with Crippen LogP contribution in [0.15, 0.2) is 12.4 Å². The molecule has 0 atom stereocenters. The SMILES string of the molecule is CCCCCNc1cc(OCC(C)C)ncn1.